The number of aromatic nitrogens is 5. The van der Waals surface area contributed by atoms with Crippen LogP contribution in [0.5, 0.6) is 0 Å². The minimum Gasteiger partial charge on any atom is -0.710 e. The van der Waals surface area contributed by atoms with E-state index in [2.05, 4.69) is 10.1 Å². The van der Waals surface area contributed by atoms with E-state index in [9.17, 15) is 14.8 Å². The number of fused-ring (bicyclic) bond motifs is 1. The van der Waals surface area contributed by atoms with Crippen molar-refractivity contribution in [3.8, 4) is 11.5 Å². The third-order valence-corrected chi connectivity index (χ3v) is 3.40. The minimum atomic E-state index is -0.729. The first-order valence-corrected chi connectivity index (χ1v) is 6.80. The van der Waals surface area contributed by atoms with Gasteiger partial charge in [0, 0.05) is 13.1 Å². The fourth-order valence-corrected chi connectivity index (χ4v) is 2.16. The van der Waals surface area contributed by atoms with Gasteiger partial charge in [0.1, 0.15) is 0 Å². The highest BCUT2D eigenvalue weighted by Gasteiger charge is 2.25. The molecule has 0 fully saturated rings. The zero-order valence-corrected chi connectivity index (χ0v) is 12.5. The van der Waals surface area contributed by atoms with Gasteiger partial charge >= 0.3 is 17.1 Å². The van der Waals surface area contributed by atoms with E-state index in [4.69, 9.17) is 0 Å². The van der Waals surface area contributed by atoms with E-state index in [1.807, 2.05) is 30.3 Å². The summed E-state index contributed by atoms with van der Waals surface area (Å²) in [5.41, 5.74) is -0.773. The predicted molar refractivity (Wildman–Crippen MR) is 83.5 cm³/mol. The Hall–Kier alpha value is -3.29. The van der Waals surface area contributed by atoms with Crippen LogP contribution in [0.25, 0.3) is 23.7 Å². The molecule has 8 heteroatoms. The summed E-state index contributed by atoms with van der Waals surface area (Å²) in [6, 6.07) is 9.37. The first-order chi connectivity index (χ1) is 11.0. The van der Waals surface area contributed by atoms with Gasteiger partial charge < -0.3 is 5.21 Å². The van der Waals surface area contributed by atoms with Crippen molar-refractivity contribution in [2.45, 2.75) is 0 Å². The minimum absolute atomic E-state index is 0.0291. The molecule has 23 heavy (non-hydrogen) atoms. The van der Waals surface area contributed by atoms with Crippen molar-refractivity contribution in [1.29, 1.82) is 0 Å². The van der Waals surface area contributed by atoms with E-state index < -0.39 is 11.2 Å². The summed E-state index contributed by atoms with van der Waals surface area (Å²) in [5.74, 6) is -0.0219. The van der Waals surface area contributed by atoms with Crippen molar-refractivity contribution in [1.82, 2.24) is 19.3 Å². The summed E-state index contributed by atoms with van der Waals surface area (Å²) in [6.07, 6.45) is 3.22. The summed E-state index contributed by atoms with van der Waals surface area (Å²) in [4.78, 5) is 27.5. The van der Waals surface area contributed by atoms with E-state index in [0.29, 0.717) is 4.73 Å². The molecule has 2 heterocycles. The van der Waals surface area contributed by atoms with Crippen LogP contribution in [0.1, 0.15) is 11.4 Å². The van der Waals surface area contributed by atoms with Crippen molar-refractivity contribution in [3.05, 3.63) is 67.8 Å². The van der Waals surface area contributed by atoms with Gasteiger partial charge in [0.15, 0.2) is 0 Å². The maximum Gasteiger partial charge on any atom is 0.352 e. The maximum absolute atomic E-state index is 12.4. The molecule has 0 saturated carbocycles. The second kappa shape index (κ2) is 5.48. The van der Waals surface area contributed by atoms with Crippen LogP contribution in [0.4, 0.5) is 0 Å². The molecule has 0 saturated heterocycles. The molecule has 0 spiro atoms. The number of benzene rings is 1. The van der Waals surface area contributed by atoms with Crippen molar-refractivity contribution in [2.75, 3.05) is 0 Å². The second-order valence-electron chi connectivity index (χ2n) is 4.95. The van der Waals surface area contributed by atoms with Crippen molar-refractivity contribution in [2.24, 2.45) is 14.1 Å². The van der Waals surface area contributed by atoms with Crippen LogP contribution >= 0.6 is 0 Å². The lowest BCUT2D eigenvalue weighted by molar-refractivity contribution is -0.601. The van der Waals surface area contributed by atoms with E-state index in [-0.39, 0.29) is 17.3 Å². The van der Waals surface area contributed by atoms with Crippen LogP contribution in [0.2, 0.25) is 0 Å². The second-order valence-corrected chi connectivity index (χ2v) is 4.95. The molecular weight excluding hydrogens is 298 g/mol. The molecule has 116 valence electrons. The molecular formula is C15H13N5O3. The van der Waals surface area contributed by atoms with E-state index in [1.54, 1.807) is 6.08 Å². The summed E-state index contributed by atoms with van der Waals surface area (Å²) in [6.45, 7) is 0. The Morgan fingerprint density at radius 2 is 1.83 bits per heavy atom. The molecule has 1 aromatic carbocycles. The Bertz CT molecular complexity index is 989. The van der Waals surface area contributed by atoms with E-state index >= 15 is 0 Å². The van der Waals surface area contributed by atoms with E-state index in [0.717, 1.165) is 10.1 Å². The molecule has 0 amide bonds. The van der Waals surface area contributed by atoms with Crippen LogP contribution in [0.3, 0.4) is 0 Å². The normalized spacial score (nSPS) is 11.4. The van der Waals surface area contributed by atoms with Gasteiger partial charge in [0.25, 0.3) is 0 Å². The van der Waals surface area contributed by atoms with Gasteiger partial charge in [-0.2, -0.15) is 9.67 Å². The fraction of sp³-hybridized carbons (Fsp3) is 0.133. The van der Waals surface area contributed by atoms with Crippen LogP contribution < -0.4 is 16.0 Å². The summed E-state index contributed by atoms with van der Waals surface area (Å²) < 4.78 is 2.43. The fourth-order valence-electron chi connectivity index (χ4n) is 2.16. The molecule has 3 rings (SSSR count). The van der Waals surface area contributed by atoms with Gasteiger partial charge in [-0.05, 0) is 11.6 Å². The lowest BCUT2D eigenvalue weighted by atomic mass is 10.2. The largest absolute Gasteiger partial charge is 0.710 e. The summed E-state index contributed by atoms with van der Waals surface area (Å²) in [5, 5.41) is 16.5. The third kappa shape index (κ3) is 2.50. The Kier molecular flexibility index (Phi) is 3.49. The highest BCUT2D eigenvalue weighted by molar-refractivity contribution is 5.65. The SMILES string of the molecule is Cn1nc(C=Cc2ccccc2)[n+]([O-])c2c(=O)n(C)c(=O)nc1-2. The lowest BCUT2D eigenvalue weighted by Gasteiger charge is -2.12. The van der Waals surface area contributed by atoms with Gasteiger partial charge in [-0.3, -0.25) is 9.36 Å². The van der Waals surface area contributed by atoms with Crippen LogP contribution in [-0.2, 0) is 14.1 Å². The van der Waals surface area contributed by atoms with Crippen molar-refractivity contribution in [3.63, 3.8) is 0 Å². The Morgan fingerprint density at radius 3 is 2.52 bits per heavy atom. The molecule has 0 bridgehead atoms. The molecule has 0 aromatic heterocycles. The number of hydrogen-bond donors (Lipinski definition) is 0. The number of nitrogens with zero attached hydrogens (tertiary/aromatic N) is 5. The molecule has 0 atom stereocenters. The molecule has 0 unspecified atom stereocenters. The number of hydrogen-bond acceptors (Lipinski definition) is 5. The standard InChI is InChI=1S/C15H13N5O3/c1-18-14(21)12-13(16-15(18)22)19(2)17-11(20(12)23)9-8-10-6-4-3-5-7-10/h3-9H,1-2H3. The first-order valence-electron chi connectivity index (χ1n) is 6.80. The molecule has 8 nitrogen and oxygen atoms in total. The smallest absolute Gasteiger partial charge is 0.352 e. The highest BCUT2D eigenvalue weighted by Crippen LogP contribution is 2.08. The van der Waals surface area contributed by atoms with Crippen LogP contribution in [0.15, 0.2) is 39.9 Å². The topological polar surface area (TPSA) is 96.7 Å². The molecule has 0 radical (unpaired) electrons. The Morgan fingerprint density at radius 1 is 1.13 bits per heavy atom. The van der Waals surface area contributed by atoms with Gasteiger partial charge in [-0.1, -0.05) is 30.3 Å². The van der Waals surface area contributed by atoms with Crippen LogP contribution in [-0.4, -0.2) is 19.3 Å². The number of aryl methyl sites for hydroxylation is 1. The monoisotopic (exact) mass is 311 g/mol. The zero-order chi connectivity index (χ0) is 16.6. The zero-order valence-electron chi connectivity index (χ0n) is 12.5. The number of rotatable bonds is 2. The average Bonchev–Trinajstić information content (AvgIpc) is 2.55. The third-order valence-electron chi connectivity index (χ3n) is 3.40. The van der Waals surface area contributed by atoms with Crippen LogP contribution in [0, 0.1) is 5.21 Å². The average molecular weight is 311 g/mol. The van der Waals surface area contributed by atoms with Gasteiger partial charge in [0.2, 0.25) is 11.5 Å². The van der Waals surface area contributed by atoms with Gasteiger partial charge in [-0.25, -0.2) is 9.52 Å². The van der Waals surface area contributed by atoms with Gasteiger partial charge in [0.05, 0.1) is 12.1 Å². The maximum atomic E-state index is 12.4. The van der Waals surface area contributed by atoms with Crippen molar-refractivity contribution < 1.29 is 4.73 Å². The summed E-state index contributed by atoms with van der Waals surface area (Å²) >= 11 is 0. The predicted octanol–water partition coefficient (Wildman–Crippen LogP) is -0.217. The molecule has 2 aliphatic heterocycles. The van der Waals surface area contributed by atoms with Gasteiger partial charge in [-0.15, -0.1) is 0 Å². The highest BCUT2D eigenvalue weighted by atomic mass is 16.5. The first kappa shape index (κ1) is 14.6. The molecule has 2 aliphatic rings. The molecule has 0 aliphatic carbocycles. The Balaban J connectivity index is 2.23. The summed E-state index contributed by atoms with van der Waals surface area (Å²) in [7, 11) is 2.80. The quantitative estimate of drug-likeness (QED) is 0.481. The molecule has 0 N–H and O–H groups in total. The van der Waals surface area contributed by atoms with Crippen molar-refractivity contribution >= 4 is 12.2 Å². The molecule has 1 aromatic rings. The van der Waals surface area contributed by atoms with E-state index in [1.165, 1.54) is 24.9 Å². The lowest BCUT2D eigenvalue weighted by Crippen LogP contribution is -2.47. The Labute approximate surface area is 130 Å².